The maximum atomic E-state index is 13.4. The molecule has 1 amide bonds. The van der Waals surface area contributed by atoms with Crippen LogP contribution in [0.4, 0.5) is 5.69 Å². The van der Waals surface area contributed by atoms with E-state index in [0.717, 1.165) is 15.4 Å². The second-order valence-corrected chi connectivity index (χ2v) is 10.2. The van der Waals surface area contributed by atoms with Crippen LogP contribution in [0.1, 0.15) is 43.4 Å². The van der Waals surface area contributed by atoms with E-state index in [1.165, 1.54) is 23.9 Å². The number of anilines is 1. The van der Waals surface area contributed by atoms with Crippen molar-refractivity contribution in [1.29, 1.82) is 0 Å². The molecule has 0 saturated carbocycles. The summed E-state index contributed by atoms with van der Waals surface area (Å²) in [6.07, 6.45) is 1.53. The highest BCUT2D eigenvalue weighted by Gasteiger charge is 2.27. The number of carbonyl (C=O) groups excluding carboxylic acids is 1. The maximum absolute atomic E-state index is 13.4. The lowest BCUT2D eigenvalue weighted by molar-refractivity contribution is -0.119. The van der Waals surface area contributed by atoms with Crippen LogP contribution >= 0.6 is 0 Å². The van der Waals surface area contributed by atoms with Crippen LogP contribution in [0.2, 0.25) is 0 Å². The van der Waals surface area contributed by atoms with E-state index in [4.69, 9.17) is 4.74 Å². The smallest absolute Gasteiger partial charge is 0.264 e. The van der Waals surface area contributed by atoms with Crippen LogP contribution in [0.3, 0.4) is 0 Å². The molecule has 0 fully saturated rings. The molecule has 0 unspecified atom stereocenters. The number of rotatable bonds is 10. The van der Waals surface area contributed by atoms with Crippen molar-refractivity contribution in [2.45, 2.75) is 38.5 Å². The molecule has 1 N–H and O–H groups in total. The number of hydrogen-bond donors (Lipinski definition) is 1. The highest BCUT2D eigenvalue weighted by Crippen LogP contribution is 2.26. The van der Waals surface area contributed by atoms with E-state index in [0.29, 0.717) is 24.0 Å². The summed E-state index contributed by atoms with van der Waals surface area (Å²) in [5, 5.41) is 4.00. The minimum absolute atomic E-state index is 0.0959. The Morgan fingerprint density at radius 1 is 1.00 bits per heavy atom. The summed E-state index contributed by atoms with van der Waals surface area (Å²) < 4.78 is 33.4. The Hall–Kier alpha value is -3.65. The second-order valence-electron chi connectivity index (χ2n) is 8.37. The number of ether oxygens (including phenoxy) is 1. The van der Waals surface area contributed by atoms with Gasteiger partial charge < -0.3 is 4.74 Å². The van der Waals surface area contributed by atoms with Gasteiger partial charge in [-0.3, -0.25) is 9.10 Å². The van der Waals surface area contributed by atoms with E-state index >= 15 is 0 Å². The molecule has 3 aromatic carbocycles. The fourth-order valence-electron chi connectivity index (χ4n) is 3.34. The first kappa shape index (κ1) is 26.0. The Kier molecular flexibility index (Phi) is 8.65. The van der Waals surface area contributed by atoms with E-state index in [2.05, 4.69) is 24.4 Å². The molecule has 0 atom stereocenters. The molecule has 0 spiro atoms. The van der Waals surface area contributed by atoms with Crippen molar-refractivity contribution in [3.05, 3.63) is 89.5 Å². The lowest BCUT2D eigenvalue weighted by atomic mass is 10.0. The Morgan fingerprint density at radius 2 is 1.63 bits per heavy atom. The summed E-state index contributed by atoms with van der Waals surface area (Å²) in [5.74, 6) is 0.468. The molecular weight excluding hydrogens is 462 g/mol. The molecule has 0 radical (unpaired) electrons. The summed E-state index contributed by atoms with van der Waals surface area (Å²) in [4.78, 5) is 12.8. The number of carbonyl (C=O) groups is 1. The lowest BCUT2D eigenvalue weighted by Crippen LogP contribution is -2.39. The van der Waals surface area contributed by atoms with Crippen molar-refractivity contribution in [2.24, 2.45) is 5.10 Å². The highest BCUT2D eigenvalue weighted by atomic mass is 32.2. The summed E-state index contributed by atoms with van der Waals surface area (Å²) in [6, 6.07) is 20.9. The zero-order valence-corrected chi connectivity index (χ0v) is 21.2. The zero-order valence-electron chi connectivity index (χ0n) is 20.4. The molecule has 184 valence electrons. The minimum Gasteiger partial charge on any atom is -0.494 e. The zero-order chi connectivity index (χ0) is 25.4. The van der Waals surface area contributed by atoms with Gasteiger partial charge in [0.05, 0.1) is 23.4 Å². The summed E-state index contributed by atoms with van der Waals surface area (Å²) in [5.41, 5.74) is 5.74. The van der Waals surface area contributed by atoms with Crippen LogP contribution in [0, 0.1) is 6.92 Å². The first-order valence-corrected chi connectivity index (χ1v) is 12.9. The number of benzene rings is 3. The van der Waals surface area contributed by atoms with Crippen molar-refractivity contribution in [2.75, 3.05) is 17.5 Å². The molecule has 0 aliphatic heterocycles. The summed E-state index contributed by atoms with van der Waals surface area (Å²) >= 11 is 0. The van der Waals surface area contributed by atoms with Crippen LogP contribution in [0.15, 0.2) is 82.8 Å². The molecule has 0 aromatic heterocycles. The minimum atomic E-state index is -4.00. The third kappa shape index (κ3) is 6.93. The molecule has 0 heterocycles. The van der Waals surface area contributed by atoms with Gasteiger partial charge in [-0.25, -0.2) is 13.8 Å². The molecule has 8 heteroatoms. The van der Waals surface area contributed by atoms with Gasteiger partial charge in [0.25, 0.3) is 15.9 Å². The fourth-order valence-corrected chi connectivity index (χ4v) is 4.76. The van der Waals surface area contributed by atoms with Crippen molar-refractivity contribution in [3.8, 4) is 5.75 Å². The number of sulfonamides is 1. The van der Waals surface area contributed by atoms with Crippen LogP contribution in [0.5, 0.6) is 5.75 Å². The predicted molar refractivity (Wildman–Crippen MR) is 140 cm³/mol. The van der Waals surface area contributed by atoms with Gasteiger partial charge in [0.2, 0.25) is 0 Å². The van der Waals surface area contributed by atoms with Gasteiger partial charge >= 0.3 is 0 Å². The van der Waals surface area contributed by atoms with Crippen molar-refractivity contribution in [1.82, 2.24) is 5.43 Å². The molecule has 0 aliphatic carbocycles. The number of hydrazone groups is 1. The number of aryl methyl sites for hydroxylation is 1. The Balaban J connectivity index is 1.80. The van der Waals surface area contributed by atoms with E-state index < -0.39 is 22.5 Å². The number of amides is 1. The maximum Gasteiger partial charge on any atom is 0.264 e. The van der Waals surface area contributed by atoms with Gasteiger partial charge in [0, 0.05) is 0 Å². The average molecular weight is 494 g/mol. The highest BCUT2D eigenvalue weighted by molar-refractivity contribution is 7.92. The first-order chi connectivity index (χ1) is 16.7. The molecule has 7 nitrogen and oxygen atoms in total. The Morgan fingerprint density at radius 3 is 2.20 bits per heavy atom. The molecular formula is C27H31N3O4S. The van der Waals surface area contributed by atoms with Crippen LogP contribution in [-0.4, -0.2) is 33.7 Å². The van der Waals surface area contributed by atoms with E-state index in [9.17, 15) is 13.2 Å². The molecule has 35 heavy (non-hydrogen) atoms. The quantitative estimate of drug-likeness (QED) is 0.323. The fraction of sp³-hybridized carbons (Fsp3) is 0.259. The van der Waals surface area contributed by atoms with Gasteiger partial charge in [-0.1, -0.05) is 55.8 Å². The molecule has 0 saturated heterocycles. The van der Waals surface area contributed by atoms with Crippen molar-refractivity contribution in [3.63, 3.8) is 0 Å². The van der Waals surface area contributed by atoms with Crippen LogP contribution in [0.25, 0.3) is 0 Å². The van der Waals surface area contributed by atoms with Crippen LogP contribution < -0.4 is 14.5 Å². The molecule has 3 aromatic rings. The van der Waals surface area contributed by atoms with Crippen LogP contribution in [-0.2, 0) is 14.8 Å². The Labute approximate surface area is 207 Å². The number of nitrogens with one attached hydrogen (secondary N) is 1. The molecule has 0 bridgehead atoms. The molecule has 3 rings (SSSR count). The summed E-state index contributed by atoms with van der Waals surface area (Å²) in [6.45, 7) is 8.03. The third-order valence-corrected chi connectivity index (χ3v) is 7.13. The average Bonchev–Trinajstić information content (AvgIpc) is 2.84. The van der Waals surface area contributed by atoms with E-state index in [-0.39, 0.29) is 4.90 Å². The van der Waals surface area contributed by atoms with Gasteiger partial charge in [-0.15, -0.1) is 0 Å². The van der Waals surface area contributed by atoms with E-state index in [1.54, 1.807) is 36.4 Å². The predicted octanol–water partition coefficient (Wildman–Crippen LogP) is 4.86. The van der Waals surface area contributed by atoms with Gasteiger partial charge in [0.1, 0.15) is 12.3 Å². The Bertz CT molecular complexity index is 1250. The van der Waals surface area contributed by atoms with Gasteiger partial charge in [-0.05, 0) is 67.3 Å². The SMILES string of the molecule is CCOc1ccc(N(CC(=O)N/N=C/c2ccc(C(C)C)cc2)S(=O)(=O)c2ccc(C)cc2)cc1. The normalized spacial score (nSPS) is 11.6. The lowest BCUT2D eigenvalue weighted by Gasteiger charge is -2.24. The first-order valence-electron chi connectivity index (χ1n) is 11.4. The third-order valence-electron chi connectivity index (χ3n) is 5.34. The van der Waals surface area contributed by atoms with E-state index in [1.807, 2.05) is 38.1 Å². The number of nitrogens with zero attached hydrogens (tertiary/aromatic N) is 2. The van der Waals surface area contributed by atoms with Gasteiger partial charge in [0.15, 0.2) is 0 Å². The topological polar surface area (TPSA) is 88.1 Å². The standard InChI is InChI=1S/C27H31N3O4S/c1-5-34-25-14-12-24(13-15-25)30(35(32,33)26-16-6-21(4)7-17-26)19-27(31)29-28-18-22-8-10-23(11-9-22)20(2)3/h6-18,20H,5,19H2,1-4H3,(H,29,31)/b28-18+. The largest absolute Gasteiger partial charge is 0.494 e. The second kappa shape index (κ2) is 11.7. The number of hydrogen-bond acceptors (Lipinski definition) is 5. The monoisotopic (exact) mass is 493 g/mol. The van der Waals surface area contributed by atoms with Crippen molar-refractivity contribution >= 4 is 27.8 Å². The van der Waals surface area contributed by atoms with Crippen molar-refractivity contribution < 1.29 is 17.9 Å². The molecule has 0 aliphatic rings. The van der Waals surface area contributed by atoms with Gasteiger partial charge in [-0.2, -0.15) is 5.10 Å². The summed E-state index contributed by atoms with van der Waals surface area (Å²) in [7, 11) is -4.00.